The molecule has 0 fully saturated rings. The summed E-state index contributed by atoms with van der Waals surface area (Å²) in [5.74, 6) is 0. The predicted molar refractivity (Wildman–Crippen MR) is 71.7 cm³/mol. The minimum atomic E-state index is 0.137. The lowest BCUT2D eigenvalue weighted by Gasteiger charge is -1.77. The summed E-state index contributed by atoms with van der Waals surface area (Å²) in [6.07, 6.45) is 3.59. The molecule has 0 amide bonds. The molecule has 0 aromatic carbocycles. The molecule has 0 saturated carbocycles. The summed E-state index contributed by atoms with van der Waals surface area (Å²) in [4.78, 5) is 10.1. The van der Waals surface area contributed by atoms with E-state index in [1.807, 2.05) is 47.6 Å². The normalized spacial score (nSPS) is 6.79. The van der Waals surface area contributed by atoms with E-state index in [1.165, 1.54) is 11.8 Å². The van der Waals surface area contributed by atoms with Crippen LogP contribution in [0.2, 0.25) is 0 Å². The third kappa shape index (κ3) is 104. The van der Waals surface area contributed by atoms with E-state index >= 15 is 0 Å². The highest BCUT2D eigenvalue weighted by Crippen LogP contribution is 2.00. The van der Waals surface area contributed by atoms with Gasteiger partial charge in [-0.25, -0.2) is 0 Å². The van der Waals surface area contributed by atoms with Crippen LogP contribution >= 0.6 is 11.8 Å². The lowest BCUT2D eigenvalue weighted by atomic mass is 10.8. The van der Waals surface area contributed by atoms with Gasteiger partial charge in [0.15, 0.2) is 5.12 Å². The summed E-state index contributed by atoms with van der Waals surface area (Å²) >= 11 is 1.21. The first-order valence-electron chi connectivity index (χ1n) is 5.04. The summed E-state index contributed by atoms with van der Waals surface area (Å²) in [7, 11) is 0. The molecule has 0 N–H and O–H groups in total. The fourth-order valence-electron chi connectivity index (χ4n) is 0.164. The molecule has 0 aliphatic rings. The first-order valence-corrected chi connectivity index (χ1v) is 5.92. The van der Waals surface area contributed by atoms with Gasteiger partial charge in [0.2, 0.25) is 0 Å². The second kappa shape index (κ2) is 39.1. The van der Waals surface area contributed by atoms with E-state index in [0.717, 1.165) is 0 Å². The molecule has 0 aromatic rings. The maximum Gasteiger partial charge on any atom is 0.190 e. The van der Waals surface area contributed by atoms with Gasteiger partial charge in [0, 0.05) is 6.92 Å². The molecule has 0 unspecified atom stereocenters. The van der Waals surface area contributed by atoms with Gasteiger partial charge in [-0.1, -0.05) is 51.6 Å². The summed E-state index contributed by atoms with van der Waals surface area (Å²) in [5, 5.41) is 1.90. The molecule has 0 aromatic heterocycles. The van der Waals surface area contributed by atoms with E-state index in [2.05, 4.69) is 6.58 Å². The number of allylic oxidation sites excluding steroid dienone is 2. The zero-order chi connectivity index (χ0) is 12.4. The van der Waals surface area contributed by atoms with Crippen LogP contribution in [-0.4, -0.2) is 5.12 Å². The number of carbonyl (C=O) groups excluding carboxylic acids is 1. The zero-order valence-electron chi connectivity index (χ0n) is 10.8. The average molecular weight is 218 g/mol. The minimum absolute atomic E-state index is 0.137. The lowest BCUT2D eigenvalue weighted by molar-refractivity contribution is -0.109. The van der Waals surface area contributed by atoms with Crippen LogP contribution in [0.4, 0.5) is 0 Å². The Morgan fingerprint density at radius 1 is 1.14 bits per heavy atom. The smallest absolute Gasteiger partial charge is 0.190 e. The Balaban J connectivity index is -0.0000000603. The van der Waals surface area contributed by atoms with Crippen LogP contribution in [0.5, 0.6) is 0 Å². The molecule has 0 heterocycles. The Morgan fingerprint density at radius 3 is 1.50 bits per heavy atom. The quantitative estimate of drug-likeness (QED) is 0.573. The van der Waals surface area contributed by atoms with Crippen molar-refractivity contribution >= 4 is 16.9 Å². The van der Waals surface area contributed by atoms with Gasteiger partial charge >= 0.3 is 0 Å². The van der Waals surface area contributed by atoms with Crippen LogP contribution in [0, 0.1) is 0 Å². The van der Waals surface area contributed by atoms with Crippen LogP contribution in [-0.2, 0) is 4.79 Å². The van der Waals surface area contributed by atoms with E-state index in [-0.39, 0.29) is 5.12 Å². The van der Waals surface area contributed by atoms with Gasteiger partial charge in [-0.05, 0) is 19.3 Å². The lowest BCUT2D eigenvalue weighted by Crippen LogP contribution is -1.72. The van der Waals surface area contributed by atoms with Crippen molar-refractivity contribution in [3.8, 4) is 0 Å². The molecule has 0 aliphatic heterocycles. The Morgan fingerprint density at radius 2 is 1.43 bits per heavy atom. The molecular weight excluding hydrogens is 192 g/mol. The number of rotatable bonds is 1. The van der Waals surface area contributed by atoms with Crippen molar-refractivity contribution in [2.24, 2.45) is 0 Å². The summed E-state index contributed by atoms with van der Waals surface area (Å²) in [6.45, 7) is 16.7. The van der Waals surface area contributed by atoms with Crippen LogP contribution in [0.1, 0.15) is 48.5 Å². The highest BCUT2D eigenvalue weighted by molar-refractivity contribution is 8.16. The third-order valence-corrected chi connectivity index (χ3v) is 1.11. The van der Waals surface area contributed by atoms with Gasteiger partial charge in [-0.3, -0.25) is 4.79 Å². The summed E-state index contributed by atoms with van der Waals surface area (Å²) in [6, 6.07) is 0. The number of carbonyl (C=O) groups is 1. The van der Waals surface area contributed by atoms with Crippen molar-refractivity contribution in [3.63, 3.8) is 0 Å². The van der Waals surface area contributed by atoms with E-state index < -0.39 is 0 Å². The molecule has 0 rings (SSSR count). The molecule has 86 valence electrons. The van der Waals surface area contributed by atoms with Crippen LogP contribution in [0.15, 0.2) is 24.1 Å². The van der Waals surface area contributed by atoms with Crippen LogP contribution in [0.25, 0.3) is 0 Å². The Bertz CT molecular complexity index is 117. The fraction of sp³-hybridized carbons (Fsp3) is 0.583. The Kier molecular flexibility index (Phi) is 65.3. The number of hydrogen-bond donors (Lipinski definition) is 0. The van der Waals surface area contributed by atoms with E-state index in [1.54, 1.807) is 18.4 Å². The van der Waals surface area contributed by atoms with Gasteiger partial charge in [0.1, 0.15) is 0 Å². The predicted octanol–water partition coefficient (Wildman–Crippen LogP) is 5.04. The Labute approximate surface area is 94.7 Å². The number of hydrogen-bond acceptors (Lipinski definition) is 2. The second-order valence-electron chi connectivity index (χ2n) is 1.49. The van der Waals surface area contributed by atoms with Crippen molar-refractivity contribution in [2.75, 3.05) is 0 Å². The van der Waals surface area contributed by atoms with Crippen LogP contribution < -0.4 is 0 Å². The van der Waals surface area contributed by atoms with Crippen molar-refractivity contribution in [2.45, 2.75) is 48.5 Å². The van der Waals surface area contributed by atoms with Crippen molar-refractivity contribution in [1.29, 1.82) is 0 Å². The molecule has 0 aliphatic carbocycles. The van der Waals surface area contributed by atoms with Crippen LogP contribution in [0.3, 0.4) is 0 Å². The molecule has 14 heavy (non-hydrogen) atoms. The van der Waals surface area contributed by atoms with Gasteiger partial charge in [-0.2, -0.15) is 0 Å². The van der Waals surface area contributed by atoms with E-state index in [4.69, 9.17) is 0 Å². The average Bonchev–Trinajstić information content (AvgIpc) is 2.22. The van der Waals surface area contributed by atoms with Gasteiger partial charge in [0.05, 0.1) is 0 Å². The molecule has 0 bridgehead atoms. The van der Waals surface area contributed by atoms with Crippen molar-refractivity contribution < 1.29 is 4.79 Å². The molecule has 1 nitrogen and oxygen atoms in total. The largest absolute Gasteiger partial charge is 0.287 e. The standard InChI is InChI=1S/C5H8OS.C3H6.2C2H6/c1-3-4-7-5(2)6;1-3-2;2*1-2/h3-4H,1-2H3;3H,1H2,2H3;2*1-2H3/b4-3-;;;. The molecule has 0 spiro atoms. The first kappa shape index (κ1) is 23.4. The molecule has 0 atom stereocenters. The van der Waals surface area contributed by atoms with E-state index in [0.29, 0.717) is 0 Å². The SMILES string of the molecule is C/C=C\SC(C)=O.C=CC.CC.CC. The van der Waals surface area contributed by atoms with Gasteiger partial charge < -0.3 is 0 Å². The van der Waals surface area contributed by atoms with Gasteiger partial charge in [0.25, 0.3) is 0 Å². The summed E-state index contributed by atoms with van der Waals surface area (Å²) < 4.78 is 0. The second-order valence-corrected chi connectivity index (χ2v) is 2.57. The monoisotopic (exact) mass is 218 g/mol. The third-order valence-electron chi connectivity index (χ3n) is 0.370. The molecule has 2 heteroatoms. The molecule has 0 saturated heterocycles. The summed E-state index contributed by atoms with van der Waals surface area (Å²) in [5.41, 5.74) is 0. The van der Waals surface area contributed by atoms with Crippen molar-refractivity contribution in [3.05, 3.63) is 24.1 Å². The maximum atomic E-state index is 10.1. The highest BCUT2D eigenvalue weighted by atomic mass is 32.2. The first-order chi connectivity index (χ1) is 6.68. The number of thioether (sulfide) groups is 1. The molecule has 0 radical (unpaired) electrons. The van der Waals surface area contributed by atoms with Gasteiger partial charge in [-0.15, -0.1) is 6.58 Å². The highest BCUT2D eigenvalue weighted by Gasteiger charge is 1.82. The van der Waals surface area contributed by atoms with Crippen molar-refractivity contribution in [1.82, 2.24) is 0 Å². The van der Waals surface area contributed by atoms with E-state index in [9.17, 15) is 4.79 Å². The molecular formula is C12H26OS. The zero-order valence-corrected chi connectivity index (χ0v) is 11.6. The fourth-order valence-corrected chi connectivity index (χ4v) is 0.492. The topological polar surface area (TPSA) is 17.1 Å². The Hall–Kier alpha value is -0.500. The maximum absolute atomic E-state index is 10.1. The minimum Gasteiger partial charge on any atom is -0.287 e.